The maximum Gasteiger partial charge on any atom is 0.134 e. The molecule has 0 aromatic rings. The largest absolute Gasteiger partial charge is 0.380 e. The van der Waals surface area contributed by atoms with E-state index in [2.05, 4.69) is 13.8 Å². The molecule has 0 aliphatic carbocycles. The minimum absolute atomic E-state index is 0.0621. The van der Waals surface area contributed by atoms with E-state index in [0.717, 1.165) is 12.8 Å². The van der Waals surface area contributed by atoms with Crippen molar-refractivity contribution < 1.29 is 19.1 Å². The lowest BCUT2D eigenvalue weighted by Gasteiger charge is -2.41. The zero-order chi connectivity index (χ0) is 14.6. The summed E-state index contributed by atoms with van der Waals surface area (Å²) in [7, 11) is 0. The molecule has 0 unspecified atom stereocenters. The number of carbonyl (C=O) groups is 2. The lowest BCUT2D eigenvalue weighted by molar-refractivity contribution is -0.146. The van der Waals surface area contributed by atoms with Crippen LogP contribution in [0, 0.1) is 10.8 Å². The number of ether oxygens (including phenoxy) is 2. The van der Waals surface area contributed by atoms with Gasteiger partial charge in [-0.2, -0.15) is 0 Å². The van der Waals surface area contributed by atoms with Crippen molar-refractivity contribution in [1.29, 1.82) is 0 Å². The Hall–Kier alpha value is -0.740. The van der Waals surface area contributed by atoms with Gasteiger partial charge in [-0.25, -0.2) is 0 Å². The Balaban J connectivity index is 1.69. The van der Waals surface area contributed by atoms with Gasteiger partial charge < -0.3 is 9.47 Å². The first-order valence-corrected chi connectivity index (χ1v) is 7.72. The molecule has 0 spiro atoms. The van der Waals surface area contributed by atoms with Crippen LogP contribution >= 0.6 is 0 Å². The van der Waals surface area contributed by atoms with Crippen molar-refractivity contribution in [3.05, 3.63) is 0 Å². The summed E-state index contributed by atoms with van der Waals surface area (Å²) in [5.74, 6) is 0.415. The molecule has 20 heavy (non-hydrogen) atoms. The highest BCUT2D eigenvalue weighted by atomic mass is 16.5. The van der Waals surface area contributed by atoms with E-state index in [0.29, 0.717) is 52.1 Å². The van der Waals surface area contributed by atoms with Gasteiger partial charge in [-0.15, -0.1) is 0 Å². The molecule has 0 bridgehead atoms. The standard InChI is InChI=1S/C16H26O4/c1-3-15(9-19-10-15)7-13(17)5-6-14(18)8-16(4-2)11-20-12-16/h3-12H2,1-2H3. The summed E-state index contributed by atoms with van der Waals surface area (Å²) >= 11 is 0. The molecule has 0 N–H and O–H groups in total. The van der Waals surface area contributed by atoms with Gasteiger partial charge in [0.1, 0.15) is 11.6 Å². The SMILES string of the molecule is CCC1(CC(=O)CCC(=O)CC2(CC)COC2)COC1. The molecule has 4 nitrogen and oxygen atoms in total. The van der Waals surface area contributed by atoms with Crippen molar-refractivity contribution in [3.63, 3.8) is 0 Å². The first-order chi connectivity index (χ1) is 9.53. The molecular weight excluding hydrogens is 256 g/mol. The second kappa shape index (κ2) is 6.35. The second-order valence-electron chi connectivity index (χ2n) is 6.62. The predicted molar refractivity (Wildman–Crippen MR) is 75.6 cm³/mol. The number of carbonyl (C=O) groups excluding carboxylic acids is 2. The van der Waals surface area contributed by atoms with Crippen molar-refractivity contribution in [2.75, 3.05) is 26.4 Å². The van der Waals surface area contributed by atoms with E-state index in [4.69, 9.17) is 9.47 Å². The second-order valence-corrected chi connectivity index (χ2v) is 6.62. The van der Waals surface area contributed by atoms with E-state index < -0.39 is 0 Å². The fourth-order valence-corrected chi connectivity index (χ4v) is 2.94. The van der Waals surface area contributed by atoms with Crippen LogP contribution in [-0.2, 0) is 19.1 Å². The summed E-state index contributed by atoms with van der Waals surface area (Å²) in [6.07, 6.45) is 3.87. The van der Waals surface area contributed by atoms with E-state index >= 15 is 0 Å². The number of hydrogen-bond acceptors (Lipinski definition) is 4. The Morgan fingerprint density at radius 1 is 0.800 bits per heavy atom. The summed E-state index contributed by atoms with van der Waals surface area (Å²) in [6.45, 7) is 6.98. The van der Waals surface area contributed by atoms with Crippen LogP contribution in [0.15, 0.2) is 0 Å². The van der Waals surface area contributed by atoms with Crippen LogP contribution in [0.3, 0.4) is 0 Å². The minimum Gasteiger partial charge on any atom is -0.380 e. The van der Waals surface area contributed by atoms with Crippen molar-refractivity contribution in [2.45, 2.75) is 52.4 Å². The van der Waals surface area contributed by atoms with Crippen LogP contribution in [-0.4, -0.2) is 38.0 Å². The summed E-state index contributed by atoms with van der Waals surface area (Å²) in [4.78, 5) is 24.0. The molecule has 0 aromatic carbocycles. The fourth-order valence-electron chi connectivity index (χ4n) is 2.94. The molecule has 0 amide bonds. The van der Waals surface area contributed by atoms with E-state index in [9.17, 15) is 9.59 Å². The van der Waals surface area contributed by atoms with Crippen LogP contribution in [0.1, 0.15) is 52.4 Å². The fraction of sp³-hybridized carbons (Fsp3) is 0.875. The van der Waals surface area contributed by atoms with Gasteiger partial charge in [0, 0.05) is 36.5 Å². The van der Waals surface area contributed by atoms with Crippen LogP contribution < -0.4 is 0 Å². The third-order valence-corrected chi connectivity index (χ3v) is 4.96. The highest BCUT2D eigenvalue weighted by Gasteiger charge is 2.40. The van der Waals surface area contributed by atoms with Gasteiger partial charge in [-0.3, -0.25) is 9.59 Å². The first-order valence-electron chi connectivity index (χ1n) is 7.72. The lowest BCUT2D eigenvalue weighted by Crippen LogP contribution is -2.44. The Morgan fingerprint density at radius 2 is 1.15 bits per heavy atom. The van der Waals surface area contributed by atoms with E-state index in [1.807, 2.05) is 0 Å². The van der Waals surface area contributed by atoms with Crippen LogP contribution in [0.2, 0.25) is 0 Å². The molecule has 0 saturated carbocycles. The zero-order valence-corrected chi connectivity index (χ0v) is 12.7. The van der Waals surface area contributed by atoms with E-state index in [1.54, 1.807) is 0 Å². The number of ketones is 2. The molecule has 0 radical (unpaired) electrons. The lowest BCUT2D eigenvalue weighted by atomic mass is 9.76. The summed E-state index contributed by atoms with van der Waals surface area (Å²) in [5.41, 5.74) is 0.124. The monoisotopic (exact) mass is 282 g/mol. The van der Waals surface area contributed by atoms with Gasteiger partial charge in [0.2, 0.25) is 0 Å². The van der Waals surface area contributed by atoms with Gasteiger partial charge in [0.05, 0.1) is 26.4 Å². The van der Waals surface area contributed by atoms with Gasteiger partial charge >= 0.3 is 0 Å². The number of rotatable bonds is 9. The van der Waals surface area contributed by atoms with Crippen molar-refractivity contribution >= 4 is 11.6 Å². The number of Topliss-reactive ketones (excluding diaryl/α,β-unsaturated/α-hetero) is 2. The summed E-state index contributed by atoms with van der Waals surface area (Å²) in [5, 5.41) is 0. The Morgan fingerprint density at radius 3 is 1.35 bits per heavy atom. The molecule has 2 fully saturated rings. The van der Waals surface area contributed by atoms with Crippen molar-refractivity contribution in [2.24, 2.45) is 10.8 Å². The van der Waals surface area contributed by atoms with Gasteiger partial charge in [-0.1, -0.05) is 13.8 Å². The number of hydrogen-bond donors (Lipinski definition) is 0. The Kier molecular flexibility index (Phi) is 4.97. The average molecular weight is 282 g/mol. The van der Waals surface area contributed by atoms with Crippen LogP contribution in [0.5, 0.6) is 0 Å². The molecule has 2 saturated heterocycles. The molecule has 2 aliphatic heterocycles. The molecule has 4 heteroatoms. The summed E-state index contributed by atoms with van der Waals surface area (Å²) < 4.78 is 10.5. The van der Waals surface area contributed by atoms with Gasteiger partial charge in [-0.05, 0) is 12.8 Å². The van der Waals surface area contributed by atoms with Crippen LogP contribution in [0.25, 0.3) is 0 Å². The Labute approximate surface area is 121 Å². The molecule has 2 heterocycles. The van der Waals surface area contributed by atoms with Gasteiger partial charge in [0.25, 0.3) is 0 Å². The molecule has 2 aliphatic rings. The third-order valence-electron chi connectivity index (χ3n) is 4.96. The quantitative estimate of drug-likeness (QED) is 0.652. The molecule has 114 valence electrons. The average Bonchev–Trinajstić information content (AvgIpc) is 2.36. The Bertz CT molecular complexity index is 320. The molecule has 0 atom stereocenters. The first kappa shape index (κ1) is 15.6. The smallest absolute Gasteiger partial charge is 0.134 e. The van der Waals surface area contributed by atoms with Crippen molar-refractivity contribution in [3.8, 4) is 0 Å². The summed E-state index contributed by atoms with van der Waals surface area (Å²) in [6, 6.07) is 0. The molecule has 2 rings (SSSR count). The van der Waals surface area contributed by atoms with Gasteiger partial charge in [0.15, 0.2) is 0 Å². The van der Waals surface area contributed by atoms with Crippen LogP contribution in [0.4, 0.5) is 0 Å². The zero-order valence-electron chi connectivity index (χ0n) is 12.7. The molecule has 0 aromatic heterocycles. The normalized spacial score (nSPS) is 22.7. The minimum atomic E-state index is 0.0621. The molecular formula is C16H26O4. The third kappa shape index (κ3) is 3.47. The maximum absolute atomic E-state index is 12.0. The topological polar surface area (TPSA) is 52.6 Å². The predicted octanol–water partition coefficient (Wildman–Crippen LogP) is 2.54. The maximum atomic E-state index is 12.0. The highest BCUT2D eigenvalue weighted by molar-refractivity contribution is 5.86. The van der Waals surface area contributed by atoms with E-state index in [1.165, 1.54) is 0 Å². The van der Waals surface area contributed by atoms with E-state index in [-0.39, 0.29) is 22.4 Å². The van der Waals surface area contributed by atoms with Crippen molar-refractivity contribution in [1.82, 2.24) is 0 Å². The highest BCUT2D eigenvalue weighted by Crippen LogP contribution is 2.37.